The smallest absolute Gasteiger partial charge is 0.269 e. The van der Waals surface area contributed by atoms with E-state index in [-0.39, 0.29) is 5.91 Å². The third-order valence-electron chi connectivity index (χ3n) is 3.23. The Kier molecular flexibility index (Phi) is 4.75. The van der Waals surface area contributed by atoms with Crippen molar-refractivity contribution in [2.75, 3.05) is 5.32 Å². The number of thiazole rings is 2. The van der Waals surface area contributed by atoms with Gasteiger partial charge in [-0.25, -0.2) is 9.97 Å². The van der Waals surface area contributed by atoms with Crippen LogP contribution in [0.4, 0.5) is 5.13 Å². The highest BCUT2D eigenvalue weighted by molar-refractivity contribution is 7.16. The van der Waals surface area contributed by atoms with Crippen LogP contribution in [0.25, 0.3) is 0 Å². The number of nitrogens with one attached hydrogen (secondary N) is 1. The number of nitrogens with zero attached hydrogens (tertiary/aromatic N) is 2. The van der Waals surface area contributed by atoms with Crippen LogP contribution in [-0.4, -0.2) is 15.9 Å². The highest BCUT2D eigenvalue weighted by atomic mass is 35.5. The number of aromatic nitrogens is 2. The molecule has 4 nitrogen and oxygen atoms in total. The van der Waals surface area contributed by atoms with Gasteiger partial charge >= 0.3 is 0 Å². The molecule has 23 heavy (non-hydrogen) atoms. The van der Waals surface area contributed by atoms with Crippen molar-refractivity contribution in [2.24, 2.45) is 0 Å². The van der Waals surface area contributed by atoms with E-state index in [1.54, 1.807) is 12.4 Å². The zero-order valence-electron chi connectivity index (χ0n) is 12.6. The highest BCUT2D eigenvalue weighted by Gasteiger charge is 2.12. The Morgan fingerprint density at radius 3 is 2.74 bits per heavy atom. The number of carbonyl (C=O) groups excluding carboxylic acids is 1. The summed E-state index contributed by atoms with van der Waals surface area (Å²) in [6.07, 6.45) is 4.11. The predicted molar refractivity (Wildman–Crippen MR) is 95.9 cm³/mol. The first-order valence-corrected chi connectivity index (χ1v) is 8.96. The molecular formula is C16H14ClN3OS2. The topological polar surface area (TPSA) is 54.9 Å². The van der Waals surface area contributed by atoms with Crippen LogP contribution < -0.4 is 5.32 Å². The summed E-state index contributed by atoms with van der Waals surface area (Å²) in [4.78, 5) is 22.1. The number of rotatable bonds is 4. The number of halogens is 1. The van der Waals surface area contributed by atoms with Gasteiger partial charge in [-0.05, 0) is 31.0 Å². The lowest BCUT2D eigenvalue weighted by Crippen LogP contribution is -2.09. The number of aryl methyl sites for hydroxylation is 2. The standard InChI is InChI=1S/C16H14ClN3OS2/c1-9-3-4-11(6-13(9)17)5-12-7-19-16(23-12)20-15(21)14-8-18-10(2)22-14/h3-4,6-8H,5H2,1-2H3,(H,19,20,21). The van der Waals surface area contributed by atoms with Gasteiger partial charge in [0.2, 0.25) is 0 Å². The Morgan fingerprint density at radius 2 is 2.04 bits per heavy atom. The molecule has 0 aliphatic carbocycles. The van der Waals surface area contributed by atoms with Crippen LogP contribution in [0.15, 0.2) is 30.6 Å². The molecule has 1 amide bonds. The monoisotopic (exact) mass is 363 g/mol. The molecule has 0 bridgehead atoms. The molecule has 3 rings (SSSR count). The molecular weight excluding hydrogens is 350 g/mol. The quantitative estimate of drug-likeness (QED) is 0.730. The van der Waals surface area contributed by atoms with Crippen LogP contribution in [0.1, 0.15) is 30.7 Å². The van der Waals surface area contributed by atoms with E-state index in [0.29, 0.717) is 10.0 Å². The number of benzene rings is 1. The lowest BCUT2D eigenvalue weighted by atomic mass is 10.1. The minimum atomic E-state index is -0.171. The molecule has 0 aliphatic heterocycles. The fraction of sp³-hybridized carbons (Fsp3) is 0.188. The Morgan fingerprint density at radius 1 is 1.22 bits per heavy atom. The summed E-state index contributed by atoms with van der Waals surface area (Å²) >= 11 is 8.98. The van der Waals surface area contributed by atoms with Gasteiger partial charge in [-0.2, -0.15) is 0 Å². The molecule has 1 N–H and O–H groups in total. The second-order valence-electron chi connectivity index (χ2n) is 5.09. The fourth-order valence-corrected chi connectivity index (χ4v) is 3.74. The van der Waals surface area contributed by atoms with E-state index < -0.39 is 0 Å². The van der Waals surface area contributed by atoms with Gasteiger partial charge in [0.1, 0.15) is 4.88 Å². The van der Waals surface area contributed by atoms with Crippen LogP contribution in [0.3, 0.4) is 0 Å². The van der Waals surface area contributed by atoms with Crippen molar-refractivity contribution < 1.29 is 4.79 Å². The molecule has 0 aliphatic rings. The lowest BCUT2D eigenvalue weighted by Gasteiger charge is -2.02. The van der Waals surface area contributed by atoms with E-state index in [4.69, 9.17) is 11.6 Å². The van der Waals surface area contributed by atoms with Crippen LogP contribution in [0, 0.1) is 13.8 Å². The molecule has 0 spiro atoms. The average molecular weight is 364 g/mol. The molecule has 1 aromatic carbocycles. The molecule has 7 heteroatoms. The van der Waals surface area contributed by atoms with E-state index in [1.807, 2.05) is 26.0 Å². The minimum absolute atomic E-state index is 0.171. The van der Waals surface area contributed by atoms with Crippen molar-refractivity contribution in [3.8, 4) is 0 Å². The van der Waals surface area contributed by atoms with E-state index in [0.717, 1.165) is 32.5 Å². The molecule has 2 aromatic heterocycles. The zero-order valence-corrected chi connectivity index (χ0v) is 15.0. The summed E-state index contributed by atoms with van der Waals surface area (Å²) in [7, 11) is 0. The summed E-state index contributed by atoms with van der Waals surface area (Å²) in [6, 6.07) is 6.03. The van der Waals surface area contributed by atoms with E-state index >= 15 is 0 Å². The van der Waals surface area contributed by atoms with Crippen molar-refractivity contribution >= 4 is 45.3 Å². The fourth-order valence-electron chi connectivity index (χ4n) is 2.02. The second kappa shape index (κ2) is 6.78. The number of carbonyl (C=O) groups is 1. The Hall–Kier alpha value is -1.76. The summed E-state index contributed by atoms with van der Waals surface area (Å²) in [6.45, 7) is 3.85. The number of amides is 1. The predicted octanol–water partition coefficient (Wildman–Crippen LogP) is 4.71. The molecule has 2 heterocycles. The highest BCUT2D eigenvalue weighted by Crippen LogP contribution is 2.24. The van der Waals surface area contributed by atoms with Crippen molar-refractivity contribution in [2.45, 2.75) is 20.3 Å². The van der Waals surface area contributed by atoms with Gasteiger partial charge in [-0.1, -0.05) is 23.7 Å². The Bertz CT molecular complexity index is 857. The Balaban J connectivity index is 1.68. The first kappa shape index (κ1) is 16.1. The van der Waals surface area contributed by atoms with Gasteiger partial charge in [0.15, 0.2) is 5.13 Å². The molecule has 0 atom stereocenters. The normalized spacial score (nSPS) is 10.7. The van der Waals surface area contributed by atoms with Crippen LogP contribution >= 0.6 is 34.3 Å². The van der Waals surface area contributed by atoms with Crippen LogP contribution in [0.2, 0.25) is 5.02 Å². The van der Waals surface area contributed by atoms with Crippen molar-refractivity contribution in [3.63, 3.8) is 0 Å². The molecule has 3 aromatic rings. The summed E-state index contributed by atoms with van der Waals surface area (Å²) in [5, 5.41) is 5.03. The van der Waals surface area contributed by atoms with Crippen molar-refractivity contribution in [3.05, 3.63) is 61.5 Å². The SMILES string of the molecule is Cc1ncc(C(=O)Nc2ncc(Cc3ccc(C)c(Cl)c3)s2)s1. The van der Waals surface area contributed by atoms with Gasteiger partial charge in [-0.3, -0.25) is 10.1 Å². The van der Waals surface area contributed by atoms with Crippen molar-refractivity contribution in [1.82, 2.24) is 9.97 Å². The summed E-state index contributed by atoms with van der Waals surface area (Å²) < 4.78 is 0. The van der Waals surface area contributed by atoms with E-state index in [9.17, 15) is 4.79 Å². The third-order valence-corrected chi connectivity index (χ3v) is 5.47. The van der Waals surface area contributed by atoms with Crippen LogP contribution in [-0.2, 0) is 6.42 Å². The second-order valence-corrected chi connectivity index (χ2v) is 7.85. The number of hydrogen-bond acceptors (Lipinski definition) is 5. The molecule has 118 valence electrons. The lowest BCUT2D eigenvalue weighted by molar-refractivity contribution is 0.103. The Labute approximate surface area is 147 Å². The first-order valence-electron chi connectivity index (χ1n) is 6.95. The van der Waals surface area contributed by atoms with Crippen molar-refractivity contribution in [1.29, 1.82) is 0 Å². The van der Waals surface area contributed by atoms with Gasteiger partial charge in [0, 0.05) is 22.5 Å². The van der Waals surface area contributed by atoms with Gasteiger partial charge in [0.05, 0.1) is 11.2 Å². The number of anilines is 1. The molecule has 0 saturated carbocycles. The van der Waals surface area contributed by atoms with Crippen LogP contribution in [0.5, 0.6) is 0 Å². The maximum atomic E-state index is 12.1. The van der Waals surface area contributed by atoms with E-state index in [1.165, 1.54) is 22.7 Å². The van der Waals surface area contributed by atoms with Gasteiger partial charge in [-0.15, -0.1) is 22.7 Å². The molecule has 0 saturated heterocycles. The number of hydrogen-bond donors (Lipinski definition) is 1. The maximum absolute atomic E-state index is 12.1. The van der Waals surface area contributed by atoms with Gasteiger partial charge < -0.3 is 0 Å². The van der Waals surface area contributed by atoms with E-state index in [2.05, 4.69) is 21.4 Å². The molecule has 0 fully saturated rings. The summed E-state index contributed by atoms with van der Waals surface area (Å²) in [5.41, 5.74) is 2.19. The first-order chi connectivity index (χ1) is 11.0. The molecule has 0 radical (unpaired) electrons. The zero-order chi connectivity index (χ0) is 16.4. The average Bonchev–Trinajstić information content (AvgIpc) is 3.12. The summed E-state index contributed by atoms with van der Waals surface area (Å²) in [5.74, 6) is -0.171. The minimum Gasteiger partial charge on any atom is -0.297 e. The van der Waals surface area contributed by atoms with Gasteiger partial charge in [0.25, 0.3) is 5.91 Å². The largest absolute Gasteiger partial charge is 0.297 e. The maximum Gasteiger partial charge on any atom is 0.269 e. The third kappa shape index (κ3) is 3.96. The molecule has 0 unspecified atom stereocenters.